The maximum Gasteiger partial charge on any atom is 0.309 e. The lowest BCUT2D eigenvalue weighted by Gasteiger charge is -2.30. The first-order valence-electron chi connectivity index (χ1n) is 11.3. The van der Waals surface area contributed by atoms with Crippen LogP contribution in [-0.4, -0.2) is 63.8 Å². The molecular formula is C24H26N4O6S. The van der Waals surface area contributed by atoms with E-state index in [4.69, 9.17) is 9.47 Å². The molecule has 2 aromatic carbocycles. The number of nitro groups is 1. The van der Waals surface area contributed by atoms with E-state index >= 15 is 0 Å². The number of thioether (sulfide) groups is 1. The Morgan fingerprint density at radius 1 is 1.20 bits per heavy atom. The number of piperidine rings is 1. The van der Waals surface area contributed by atoms with E-state index in [2.05, 4.69) is 4.98 Å². The van der Waals surface area contributed by atoms with Crippen LogP contribution in [0.5, 0.6) is 5.75 Å². The van der Waals surface area contributed by atoms with Gasteiger partial charge >= 0.3 is 5.97 Å². The summed E-state index contributed by atoms with van der Waals surface area (Å²) in [6.07, 6.45) is 1.16. The number of hydrogen-bond acceptors (Lipinski definition) is 8. The molecule has 35 heavy (non-hydrogen) atoms. The Hall–Kier alpha value is -3.60. The molecule has 11 heteroatoms. The van der Waals surface area contributed by atoms with Crippen LogP contribution in [0.1, 0.15) is 19.8 Å². The van der Waals surface area contributed by atoms with Crippen molar-refractivity contribution < 1.29 is 24.0 Å². The third kappa shape index (κ3) is 5.24. The van der Waals surface area contributed by atoms with Crippen LogP contribution in [0, 0.1) is 16.0 Å². The minimum Gasteiger partial charge on any atom is -0.495 e. The predicted molar refractivity (Wildman–Crippen MR) is 131 cm³/mol. The zero-order valence-electron chi connectivity index (χ0n) is 19.5. The average molecular weight is 499 g/mol. The monoisotopic (exact) mass is 498 g/mol. The van der Waals surface area contributed by atoms with Crippen molar-refractivity contribution in [3.05, 3.63) is 52.6 Å². The molecule has 0 bridgehead atoms. The van der Waals surface area contributed by atoms with Crippen molar-refractivity contribution in [2.45, 2.75) is 24.9 Å². The molecule has 10 nitrogen and oxygen atoms in total. The van der Waals surface area contributed by atoms with Gasteiger partial charge in [0.25, 0.3) is 5.69 Å². The number of imidazole rings is 1. The summed E-state index contributed by atoms with van der Waals surface area (Å²) in [5.74, 6) is 0.331. The molecular weight excluding hydrogens is 472 g/mol. The minimum absolute atomic E-state index is 0.0538. The molecule has 0 atom stereocenters. The molecule has 1 fully saturated rings. The van der Waals surface area contributed by atoms with Gasteiger partial charge < -0.3 is 14.4 Å². The lowest BCUT2D eigenvalue weighted by atomic mass is 9.97. The molecule has 0 N–H and O–H groups in total. The number of ether oxygens (including phenoxy) is 2. The van der Waals surface area contributed by atoms with Gasteiger partial charge in [-0.25, -0.2) is 4.98 Å². The van der Waals surface area contributed by atoms with Crippen LogP contribution >= 0.6 is 11.8 Å². The summed E-state index contributed by atoms with van der Waals surface area (Å²) < 4.78 is 12.5. The molecule has 4 rings (SSSR count). The number of non-ortho nitro benzene ring substituents is 1. The Morgan fingerprint density at radius 2 is 1.94 bits per heavy atom. The topological polar surface area (TPSA) is 117 Å². The number of aromatic nitrogens is 2. The van der Waals surface area contributed by atoms with Gasteiger partial charge in [0.2, 0.25) is 5.91 Å². The lowest BCUT2D eigenvalue weighted by Crippen LogP contribution is -2.41. The van der Waals surface area contributed by atoms with Crippen molar-refractivity contribution in [3.63, 3.8) is 0 Å². The number of likely N-dealkylation sites (tertiary alicyclic amines) is 1. The molecule has 1 amide bonds. The zero-order valence-corrected chi connectivity index (χ0v) is 20.3. The largest absolute Gasteiger partial charge is 0.495 e. The van der Waals surface area contributed by atoms with Gasteiger partial charge in [0, 0.05) is 25.2 Å². The highest BCUT2D eigenvalue weighted by atomic mass is 32.2. The summed E-state index contributed by atoms with van der Waals surface area (Å²) in [6.45, 7) is 3.13. The van der Waals surface area contributed by atoms with Crippen molar-refractivity contribution in [2.24, 2.45) is 5.92 Å². The summed E-state index contributed by atoms with van der Waals surface area (Å²) in [7, 11) is 1.57. The van der Waals surface area contributed by atoms with Gasteiger partial charge in [-0.2, -0.15) is 0 Å². The number of nitro benzene ring substituents is 1. The second-order valence-electron chi connectivity index (χ2n) is 8.03. The molecule has 2 heterocycles. The number of nitrogens with zero attached hydrogens (tertiary/aromatic N) is 4. The quantitative estimate of drug-likeness (QED) is 0.199. The second-order valence-corrected chi connectivity index (χ2v) is 8.97. The Bertz CT molecular complexity index is 1250. The fourth-order valence-corrected chi connectivity index (χ4v) is 5.07. The van der Waals surface area contributed by atoms with E-state index < -0.39 is 4.92 Å². The Morgan fingerprint density at radius 3 is 2.63 bits per heavy atom. The highest BCUT2D eigenvalue weighted by molar-refractivity contribution is 7.99. The molecule has 1 aliphatic rings. The molecule has 1 saturated heterocycles. The van der Waals surface area contributed by atoms with E-state index in [0.717, 1.165) is 5.69 Å². The average Bonchev–Trinajstić information content (AvgIpc) is 3.24. The van der Waals surface area contributed by atoms with Gasteiger partial charge in [-0.05, 0) is 38.0 Å². The fourth-order valence-electron chi connectivity index (χ4n) is 4.15. The number of carbonyl (C=O) groups is 2. The number of esters is 1. The van der Waals surface area contributed by atoms with Crippen LogP contribution in [0.4, 0.5) is 5.69 Å². The number of methoxy groups -OCH3 is 1. The first-order valence-corrected chi connectivity index (χ1v) is 12.3. The molecule has 0 unspecified atom stereocenters. The van der Waals surface area contributed by atoms with E-state index in [1.165, 1.54) is 23.9 Å². The summed E-state index contributed by atoms with van der Waals surface area (Å²) in [5.41, 5.74) is 1.79. The molecule has 0 aliphatic carbocycles. The minimum atomic E-state index is -0.461. The van der Waals surface area contributed by atoms with E-state index in [1.54, 1.807) is 25.0 Å². The van der Waals surface area contributed by atoms with Crippen molar-refractivity contribution in [3.8, 4) is 11.4 Å². The lowest BCUT2D eigenvalue weighted by molar-refractivity contribution is -0.384. The maximum atomic E-state index is 12.9. The van der Waals surface area contributed by atoms with Gasteiger partial charge in [-0.1, -0.05) is 23.9 Å². The summed E-state index contributed by atoms with van der Waals surface area (Å²) in [4.78, 5) is 42.1. The standard InChI is InChI=1S/C24H26N4O6S/c1-3-34-23(30)16-10-12-26(13-11-16)22(29)15-35-24-25-18-14-17(28(31)32)8-9-19(18)27(24)20-6-4-5-7-21(20)33-2/h4-9,14,16H,3,10-13,15H2,1-2H3. The molecule has 1 aliphatic heterocycles. The molecule has 184 valence electrons. The normalized spacial score (nSPS) is 14.2. The summed E-state index contributed by atoms with van der Waals surface area (Å²) in [5, 5.41) is 11.8. The van der Waals surface area contributed by atoms with Crippen molar-refractivity contribution >= 4 is 40.4 Å². The van der Waals surface area contributed by atoms with Gasteiger partial charge in [0.15, 0.2) is 5.16 Å². The van der Waals surface area contributed by atoms with Crippen LogP contribution in [-0.2, 0) is 14.3 Å². The highest BCUT2D eigenvalue weighted by Crippen LogP contribution is 2.34. The predicted octanol–water partition coefficient (Wildman–Crippen LogP) is 3.84. The molecule has 3 aromatic rings. The highest BCUT2D eigenvalue weighted by Gasteiger charge is 2.28. The number of amides is 1. The molecule has 0 radical (unpaired) electrons. The molecule has 0 saturated carbocycles. The number of rotatable bonds is 8. The number of carbonyl (C=O) groups excluding carboxylic acids is 2. The van der Waals surface area contributed by atoms with Crippen LogP contribution in [0.3, 0.4) is 0 Å². The first-order chi connectivity index (χ1) is 16.9. The number of fused-ring (bicyclic) bond motifs is 1. The fraction of sp³-hybridized carbons (Fsp3) is 0.375. The van der Waals surface area contributed by atoms with Crippen LogP contribution in [0.2, 0.25) is 0 Å². The Balaban J connectivity index is 1.56. The molecule has 1 aromatic heterocycles. The smallest absolute Gasteiger partial charge is 0.309 e. The summed E-state index contributed by atoms with van der Waals surface area (Å²) >= 11 is 1.26. The van der Waals surface area contributed by atoms with Crippen molar-refractivity contribution in [2.75, 3.05) is 32.6 Å². The van der Waals surface area contributed by atoms with E-state index in [9.17, 15) is 19.7 Å². The van der Waals surface area contributed by atoms with Gasteiger partial charge in [0.05, 0.1) is 47.0 Å². The number of para-hydroxylation sites is 2. The Labute approximate surface area is 206 Å². The van der Waals surface area contributed by atoms with Gasteiger partial charge in [-0.3, -0.25) is 24.3 Å². The van der Waals surface area contributed by atoms with Crippen molar-refractivity contribution in [1.82, 2.24) is 14.5 Å². The van der Waals surface area contributed by atoms with E-state index in [1.807, 2.05) is 28.8 Å². The number of hydrogen-bond donors (Lipinski definition) is 0. The van der Waals surface area contributed by atoms with Crippen LogP contribution in [0.25, 0.3) is 16.7 Å². The van der Waals surface area contributed by atoms with Crippen LogP contribution in [0.15, 0.2) is 47.6 Å². The maximum absolute atomic E-state index is 12.9. The first kappa shape index (κ1) is 24.5. The van der Waals surface area contributed by atoms with E-state index in [-0.39, 0.29) is 29.2 Å². The third-order valence-electron chi connectivity index (χ3n) is 5.94. The van der Waals surface area contributed by atoms with Crippen LogP contribution < -0.4 is 4.74 Å². The zero-order chi connectivity index (χ0) is 24.9. The van der Waals surface area contributed by atoms with Crippen molar-refractivity contribution in [1.29, 1.82) is 0 Å². The van der Waals surface area contributed by atoms with E-state index in [0.29, 0.717) is 54.5 Å². The van der Waals surface area contributed by atoms with Gasteiger partial charge in [-0.15, -0.1) is 0 Å². The molecule has 0 spiro atoms. The SMILES string of the molecule is CCOC(=O)C1CCN(C(=O)CSc2nc3cc([N+](=O)[O-])ccc3n2-c2ccccc2OC)CC1. The Kier molecular flexibility index (Phi) is 7.54. The second kappa shape index (κ2) is 10.8. The third-order valence-corrected chi connectivity index (χ3v) is 6.86. The van der Waals surface area contributed by atoms with Gasteiger partial charge in [0.1, 0.15) is 5.75 Å². The summed E-state index contributed by atoms with van der Waals surface area (Å²) in [6, 6.07) is 11.9. The number of benzene rings is 2.